The minimum Gasteiger partial charge on any atom is -0.346 e. The van der Waals surface area contributed by atoms with Crippen molar-refractivity contribution in [2.75, 3.05) is 19.6 Å². The van der Waals surface area contributed by atoms with Crippen LogP contribution in [0.2, 0.25) is 0 Å². The Hall–Kier alpha value is -2.12. The van der Waals surface area contributed by atoms with Crippen molar-refractivity contribution in [2.45, 2.75) is 65.3 Å². The molecule has 0 spiro atoms. The number of rotatable bonds is 10. The first-order valence-corrected chi connectivity index (χ1v) is 12.2. The van der Waals surface area contributed by atoms with Crippen LogP contribution in [0, 0.1) is 20.8 Å². The summed E-state index contributed by atoms with van der Waals surface area (Å²) in [6, 6.07) is 8.47. The van der Waals surface area contributed by atoms with Gasteiger partial charge in [0.25, 0.3) is 15.9 Å². The van der Waals surface area contributed by atoms with Crippen LogP contribution < -0.4 is 9.62 Å². The number of benzene rings is 1. The first-order valence-electron chi connectivity index (χ1n) is 10.8. The third kappa shape index (κ3) is 5.73. The summed E-state index contributed by atoms with van der Waals surface area (Å²) >= 11 is 0. The molecule has 6 nitrogen and oxygen atoms in total. The van der Waals surface area contributed by atoms with Crippen LogP contribution in [-0.2, 0) is 10.0 Å². The van der Waals surface area contributed by atoms with E-state index < -0.39 is 15.9 Å². The van der Waals surface area contributed by atoms with Gasteiger partial charge in [0.2, 0.25) is 0 Å². The summed E-state index contributed by atoms with van der Waals surface area (Å²) in [6.07, 6.45) is 2.13. The third-order valence-corrected chi connectivity index (χ3v) is 7.23. The first kappa shape index (κ1) is 24.2. The zero-order valence-corrected chi connectivity index (χ0v) is 19.9. The lowest BCUT2D eigenvalue weighted by Gasteiger charge is -2.20. The molecule has 1 heterocycles. The number of quaternary nitrogens is 1. The van der Waals surface area contributed by atoms with Gasteiger partial charge in [-0.25, -0.2) is 13.1 Å². The van der Waals surface area contributed by atoms with Gasteiger partial charge in [-0.2, -0.15) is 0 Å². The molecule has 30 heavy (non-hydrogen) atoms. The van der Waals surface area contributed by atoms with E-state index in [4.69, 9.17) is 0 Å². The minimum absolute atomic E-state index is 0.0857. The molecule has 1 aromatic heterocycles. The highest BCUT2D eigenvalue weighted by molar-refractivity contribution is 7.90. The normalized spacial score (nSPS) is 12.9. The summed E-state index contributed by atoms with van der Waals surface area (Å²) in [4.78, 5) is 14.5. The maximum Gasteiger partial charge on any atom is 0.266 e. The smallest absolute Gasteiger partial charge is 0.266 e. The van der Waals surface area contributed by atoms with Gasteiger partial charge in [0.05, 0.1) is 30.1 Å². The molecule has 1 aromatic carbocycles. The quantitative estimate of drug-likeness (QED) is 0.604. The molecule has 0 saturated carbocycles. The van der Waals surface area contributed by atoms with Crippen molar-refractivity contribution in [3.8, 4) is 0 Å². The lowest BCUT2D eigenvalue weighted by atomic mass is 10.1. The van der Waals surface area contributed by atoms with Crippen molar-refractivity contribution >= 4 is 15.9 Å². The Morgan fingerprint density at radius 2 is 1.70 bits per heavy atom. The molecule has 0 aliphatic heterocycles. The number of aromatic nitrogens is 1. The second kappa shape index (κ2) is 10.3. The second-order valence-corrected chi connectivity index (χ2v) is 9.78. The number of nitrogens with one attached hydrogen (secondary N) is 2. The Labute approximate surface area is 181 Å². The van der Waals surface area contributed by atoms with Gasteiger partial charge >= 0.3 is 0 Å². The van der Waals surface area contributed by atoms with Crippen LogP contribution in [0.1, 0.15) is 67.0 Å². The van der Waals surface area contributed by atoms with E-state index >= 15 is 0 Å². The lowest BCUT2D eigenvalue weighted by Crippen LogP contribution is -3.11. The Kier molecular flexibility index (Phi) is 8.26. The average molecular weight is 435 g/mol. The number of amides is 1. The van der Waals surface area contributed by atoms with Crippen molar-refractivity contribution < 1.29 is 18.1 Å². The molecule has 0 fully saturated rings. The van der Waals surface area contributed by atoms with Crippen LogP contribution in [0.25, 0.3) is 0 Å². The largest absolute Gasteiger partial charge is 0.346 e. The van der Waals surface area contributed by atoms with Crippen molar-refractivity contribution in [1.82, 2.24) is 9.29 Å². The highest BCUT2D eigenvalue weighted by atomic mass is 32.2. The fraction of sp³-hybridized carbons (Fsp3) is 0.522. The van der Waals surface area contributed by atoms with Crippen molar-refractivity contribution in [1.29, 1.82) is 0 Å². The SMILES string of the molecule is CC[NH+](CC)CCC[C@H](C)n1c(C)cc(C(=O)NS(=O)(=O)c2ccc(C)cc2)c1C. The number of carbonyl (C=O) groups excluding carboxylic acids is 1. The minimum atomic E-state index is -3.91. The number of hydrogen-bond donors (Lipinski definition) is 2. The maximum atomic E-state index is 12.8. The average Bonchev–Trinajstić information content (AvgIpc) is 2.99. The molecule has 2 N–H and O–H groups in total. The zero-order valence-electron chi connectivity index (χ0n) is 19.1. The molecule has 0 saturated heterocycles. The number of nitrogens with zero attached hydrogens (tertiary/aromatic N) is 1. The molecular weight excluding hydrogens is 398 g/mol. The molecule has 0 unspecified atom stereocenters. The number of aryl methyl sites for hydroxylation is 2. The van der Waals surface area contributed by atoms with E-state index in [1.165, 1.54) is 12.1 Å². The zero-order chi connectivity index (χ0) is 22.5. The molecule has 0 aliphatic carbocycles. The lowest BCUT2D eigenvalue weighted by molar-refractivity contribution is -0.896. The van der Waals surface area contributed by atoms with E-state index in [2.05, 4.69) is 30.1 Å². The van der Waals surface area contributed by atoms with Gasteiger partial charge < -0.3 is 9.47 Å². The van der Waals surface area contributed by atoms with Gasteiger partial charge in [-0.1, -0.05) is 17.7 Å². The third-order valence-electron chi connectivity index (χ3n) is 5.88. The van der Waals surface area contributed by atoms with E-state index in [-0.39, 0.29) is 10.9 Å². The Morgan fingerprint density at radius 1 is 1.10 bits per heavy atom. The van der Waals surface area contributed by atoms with Crippen molar-refractivity contribution in [2.24, 2.45) is 0 Å². The van der Waals surface area contributed by atoms with Gasteiger partial charge in [-0.05, 0) is 72.6 Å². The van der Waals surface area contributed by atoms with Crippen LogP contribution in [0.4, 0.5) is 0 Å². The molecule has 166 valence electrons. The number of carbonyl (C=O) groups is 1. The Morgan fingerprint density at radius 3 is 2.27 bits per heavy atom. The van der Waals surface area contributed by atoms with E-state index in [9.17, 15) is 13.2 Å². The molecule has 1 atom stereocenters. The van der Waals surface area contributed by atoms with E-state index in [0.29, 0.717) is 5.56 Å². The van der Waals surface area contributed by atoms with Crippen LogP contribution in [0.3, 0.4) is 0 Å². The monoisotopic (exact) mass is 434 g/mol. The van der Waals surface area contributed by atoms with Gasteiger partial charge in [0.15, 0.2) is 0 Å². The molecule has 1 amide bonds. The maximum absolute atomic E-state index is 12.8. The van der Waals surface area contributed by atoms with Crippen molar-refractivity contribution in [3.63, 3.8) is 0 Å². The fourth-order valence-electron chi connectivity index (χ4n) is 4.02. The van der Waals surface area contributed by atoms with Crippen LogP contribution in [-0.4, -0.2) is 38.5 Å². The summed E-state index contributed by atoms with van der Waals surface area (Å²) in [6.45, 7) is 15.7. The van der Waals surface area contributed by atoms with E-state index in [1.807, 2.05) is 20.8 Å². The molecule has 0 bridgehead atoms. The summed E-state index contributed by atoms with van der Waals surface area (Å²) in [7, 11) is -3.91. The van der Waals surface area contributed by atoms with Crippen LogP contribution in [0.5, 0.6) is 0 Å². The standard InChI is InChI=1S/C23H35N3O3S/c1-7-25(8-2)15-9-10-18(4)26-19(5)16-22(20(26)6)23(27)24-30(28,29)21-13-11-17(3)12-14-21/h11-14,16,18H,7-10,15H2,1-6H3,(H,24,27)/p+1/t18-/m0/s1. The van der Waals surface area contributed by atoms with Gasteiger partial charge in [0.1, 0.15) is 0 Å². The molecule has 2 aromatic rings. The molecule has 0 aliphatic rings. The summed E-state index contributed by atoms with van der Waals surface area (Å²) in [5.41, 5.74) is 3.13. The van der Waals surface area contributed by atoms with Crippen molar-refractivity contribution in [3.05, 3.63) is 52.8 Å². The van der Waals surface area contributed by atoms with E-state index in [0.717, 1.165) is 49.4 Å². The summed E-state index contributed by atoms with van der Waals surface area (Å²) in [5, 5.41) is 0. The predicted octanol–water partition coefficient (Wildman–Crippen LogP) is 2.80. The fourth-order valence-corrected chi connectivity index (χ4v) is 4.98. The molecule has 7 heteroatoms. The van der Waals surface area contributed by atoms with Gasteiger partial charge in [0, 0.05) is 17.4 Å². The summed E-state index contributed by atoms with van der Waals surface area (Å²) in [5.74, 6) is -0.588. The highest BCUT2D eigenvalue weighted by Gasteiger charge is 2.23. The highest BCUT2D eigenvalue weighted by Crippen LogP contribution is 2.23. The Balaban J connectivity index is 2.13. The van der Waals surface area contributed by atoms with E-state index in [1.54, 1.807) is 23.1 Å². The predicted molar refractivity (Wildman–Crippen MR) is 121 cm³/mol. The van der Waals surface area contributed by atoms with Crippen LogP contribution in [0.15, 0.2) is 35.2 Å². The molecule has 0 radical (unpaired) electrons. The molecular formula is C23H36N3O3S+. The Bertz CT molecular complexity index is 958. The van der Waals surface area contributed by atoms with Gasteiger partial charge in [-0.15, -0.1) is 0 Å². The van der Waals surface area contributed by atoms with Crippen LogP contribution >= 0.6 is 0 Å². The summed E-state index contributed by atoms with van der Waals surface area (Å²) < 4.78 is 29.5. The topological polar surface area (TPSA) is 72.6 Å². The van der Waals surface area contributed by atoms with Gasteiger partial charge in [-0.3, -0.25) is 4.79 Å². The molecule has 2 rings (SSSR count). The number of hydrogen-bond acceptors (Lipinski definition) is 3. The first-order chi connectivity index (χ1) is 14.1. The second-order valence-electron chi connectivity index (χ2n) is 8.10. The number of sulfonamides is 1.